The van der Waals surface area contributed by atoms with Crippen molar-refractivity contribution >= 4 is 17.8 Å². The maximum atomic E-state index is 13.4. The summed E-state index contributed by atoms with van der Waals surface area (Å²) in [5, 5.41) is 12.3. The van der Waals surface area contributed by atoms with Crippen molar-refractivity contribution in [2.75, 3.05) is 13.6 Å². The fourth-order valence-electron chi connectivity index (χ4n) is 4.25. The van der Waals surface area contributed by atoms with Gasteiger partial charge < -0.3 is 15.3 Å². The molecule has 2 amide bonds. The SMILES string of the molecule is C/C(=C\C(C(C)C)N(C)C(=O)C(NC(=O)C1CCC(C)CN1C(C)C)C(C)C)C(=O)O. The van der Waals surface area contributed by atoms with Gasteiger partial charge in [0.2, 0.25) is 11.8 Å². The summed E-state index contributed by atoms with van der Waals surface area (Å²) in [6.07, 6.45) is 3.40. The quantitative estimate of drug-likeness (QED) is 0.541. The third-order valence-corrected chi connectivity index (χ3v) is 6.29. The lowest BCUT2D eigenvalue weighted by molar-refractivity contribution is -0.140. The van der Waals surface area contributed by atoms with Crippen LogP contribution in [0.5, 0.6) is 0 Å². The number of hydrogen-bond donors (Lipinski definition) is 2. The Labute approximate surface area is 188 Å². The number of nitrogens with one attached hydrogen (secondary N) is 1. The number of likely N-dealkylation sites (N-methyl/N-ethyl adjacent to an activating group) is 1. The van der Waals surface area contributed by atoms with Crippen LogP contribution in [0.1, 0.15) is 68.2 Å². The first-order valence-electron chi connectivity index (χ1n) is 11.5. The van der Waals surface area contributed by atoms with Crippen LogP contribution >= 0.6 is 0 Å². The summed E-state index contributed by atoms with van der Waals surface area (Å²) >= 11 is 0. The molecule has 0 spiro atoms. The molecule has 0 saturated carbocycles. The van der Waals surface area contributed by atoms with Gasteiger partial charge in [-0.15, -0.1) is 0 Å². The zero-order chi connectivity index (χ0) is 24.0. The van der Waals surface area contributed by atoms with Gasteiger partial charge in [0.1, 0.15) is 6.04 Å². The average Bonchev–Trinajstić information content (AvgIpc) is 2.67. The van der Waals surface area contributed by atoms with E-state index in [-0.39, 0.29) is 47.3 Å². The number of likely N-dealkylation sites (tertiary alicyclic amines) is 1. The van der Waals surface area contributed by atoms with E-state index in [0.717, 1.165) is 19.4 Å². The average molecular weight is 438 g/mol. The molecular formula is C24H43N3O4. The van der Waals surface area contributed by atoms with Crippen molar-refractivity contribution in [1.82, 2.24) is 15.1 Å². The van der Waals surface area contributed by atoms with Crippen molar-refractivity contribution in [2.45, 2.75) is 92.4 Å². The third kappa shape index (κ3) is 7.34. The summed E-state index contributed by atoms with van der Waals surface area (Å²) in [7, 11) is 1.68. The Morgan fingerprint density at radius 2 is 1.65 bits per heavy atom. The van der Waals surface area contributed by atoms with E-state index in [0.29, 0.717) is 5.92 Å². The van der Waals surface area contributed by atoms with Crippen molar-refractivity contribution in [3.05, 3.63) is 11.6 Å². The molecule has 2 N–H and O–H groups in total. The Kier molecular flexibility index (Phi) is 10.2. The number of piperidine rings is 1. The summed E-state index contributed by atoms with van der Waals surface area (Å²) in [5.41, 5.74) is 0.201. The monoisotopic (exact) mass is 437 g/mol. The van der Waals surface area contributed by atoms with Gasteiger partial charge in [0, 0.05) is 25.2 Å². The van der Waals surface area contributed by atoms with E-state index < -0.39 is 12.0 Å². The lowest BCUT2D eigenvalue weighted by atomic mass is 9.91. The van der Waals surface area contributed by atoms with Crippen LogP contribution in [0, 0.1) is 17.8 Å². The first kappa shape index (κ1) is 27.1. The van der Waals surface area contributed by atoms with Gasteiger partial charge in [-0.05, 0) is 51.4 Å². The molecule has 0 aliphatic carbocycles. The maximum absolute atomic E-state index is 13.4. The van der Waals surface area contributed by atoms with Crippen molar-refractivity contribution < 1.29 is 19.5 Å². The molecule has 1 saturated heterocycles. The number of carboxylic acid groups (broad SMARTS) is 1. The zero-order valence-corrected chi connectivity index (χ0v) is 20.8. The normalized spacial score (nSPS) is 22.5. The highest BCUT2D eigenvalue weighted by molar-refractivity contribution is 5.90. The molecule has 0 bridgehead atoms. The van der Waals surface area contributed by atoms with E-state index in [1.165, 1.54) is 6.92 Å². The van der Waals surface area contributed by atoms with Gasteiger partial charge in [0.25, 0.3) is 0 Å². The van der Waals surface area contributed by atoms with Crippen LogP contribution in [-0.4, -0.2) is 70.4 Å². The number of nitrogens with zero attached hydrogens (tertiary/aromatic N) is 2. The largest absolute Gasteiger partial charge is 0.478 e. The summed E-state index contributed by atoms with van der Waals surface area (Å²) < 4.78 is 0. The van der Waals surface area contributed by atoms with Crippen LogP contribution < -0.4 is 5.32 Å². The second-order valence-electron chi connectivity index (χ2n) is 10.1. The Morgan fingerprint density at radius 1 is 1.06 bits per heavy atom. The minimum atomic E-state index is -1.000. The number of rotatable bonds is 9. The number of hydrogen-bond acceptors (Lipinski definition) is 4. The van der Waals surface area contributed by atoms with E-state index in [1.807, 2.05) is 27.7 Å². The van der Waals surface area contributed by atoms with Crippen molar-refractivity contribution in [1.29, 1.82) is 0 Å². The minimum absolute atomic E-state index is 0.0306. The second-order valence-corrected chi connectivity index (χ2v) is 10.1. The van der Waals surface area contributed by atoms with Crippen molar-refractivity contribution in [2.24, 2.45) is 17.8 Å². The van der Waals surface area contributed by atoms with Gasteiger partial charge in [-0.25, -0.2) is 4.79 Å². The molecule has 178 valence electrons. The fourth-order valence-corrected chi connectivity index (χ4v) is 4.25. The van der Waals surface area contributed by atoms with Crippen molar-refractivity contribution in [3.63, 3.8) is 0 Å². The minimum Gasteiger partial charge on any atom is -0.478 e. The highest BCUT2D eigenvalue weighted by Gasteiger charge is 2.37. The first-order chi connectivity index (χ1) is 14.3. The summed E-state index contributed by atoms with van der Waals surface area (Å²) in [4.78, 5) is 41.7. The van der Waals surface area contributed by atoms with Crippen LogP contribution in [0.2, 0.25) is 0 Å². The van der Waals surface area contributed by atoms with E-state index >= 15 is 0 Å². The van der Waals surface area contributed by atoms with Crippen LogP contribution in [0.25, 0.3) is 0 Å². The third-order valence-electron chi connectivity index (χ3n) is 6.29. The van der Waals surface area contributed by atoms with Crippen LogP contribution in [0.15, 0.2) is 11.6 Å². The van der Waals surface area contributed by atoms with Gasteiger partial charge in [-0.2, -0.15) is 0 Å². The lowest BCUT2D eigenvalue weighted by Crippen LogP contribution is -2.59. The predicted octanol–water partition coefficient (Wildman–Crippen LogP) is 3.15. The number of amides is 2. The summed E-state index contributed by atoms with van der Waals surface area (Å²) in [6.45, 7) is 16.6. The highest BCUT2D eigenvalue weighted by Crippen LogP contribution is 2.24. The molecule has 0 aromatic carbocycles. The molecular weight excluding hydrogens is 394 g/mol. The number of carbonyl (C=O) groups excluding carboxylic acids is 2. The zero-order valence-electron chi connectivity index (χ0n) is 20.8. The molecule has 4 unspecified atom stereocenters. The lowest BCUT2D eigenvalue weighted by Gasteiger charge is -2.41. The molecule has 0 aromatic rings. The van der Waals surface area contributed by atoms with Crippen molar-refractivity contribution in [3.8, 4) is 0 Å². The standard InChI is InChI=1S/C24H43N3O4/c1-14(2)20(12-18(8)24(30)31)26(9)23(29)21(15(3)4)25-22(28)19-11-10-17(7)13-27(19)16(5)6/h12,14-17,19-21H,10-11,13H2,1-9H3,(H,25,28)(H,30,31)/b18-12+. The molecule has 7 heteroatoms. The Bertz CT molecular complexity index is 672. The van der Waals surface area contributed by atoms with E-state index in [4.69, 9.17) is 0 Å². The van der Waals surface area contributed by atoms with Crippen LogP contribution in [0.4, 0.5) is 0 Å². The van der Waals surface area contributed by atoms with Crippen LogP contribution in [-0.2, 0) is 14.4 Å². The van der Waals surface area contributed by atoms with Gasteiger partial charge in [0.15, 0.2) is 0 Å². The van der Waals surface area contributed by atoms with Gasteiger partial charge in [0.05, 0.1) is 12.1 Å². The highest BCUT2D eigenvalue weighted by atomic mass is 16.4. The number of aliphatic carboxylic acids is 1. The fraction of sp³-hybridized carbons (Fsp3) is 0.792. The van der Waals surface area contributed by atoms with E-state index in [1.54, 1.807) is 18.0 Å². The molecule has 1 fully saturated rings. The molecule has 1 aliphatic rings. The van der Waals surface area contributed by atoms with E-state index in [2.05, 4.69) is 31.0 Å². The smallest absolute Gasteiger partial charge is 0.331 e. The Morgan fingerprint density at radius 3 is 2.10 bits per heavy atom. The molecule has 0 radical (unpaired) electrons. The molecule has 1 heterocycles. The van der Waals surface area contributed by atoms with Gasteiger partial charge in [-0.3, -0.25) is 14.5 Å². The van der Waals surface area contributed by atoms with Gasteiger partial charge in [-0.1, -0.05) is 40.7 Å². The maximum Gasteiger partial charge on any atom is 0.331 e. The molecule has 1 rings (SSSR count). The van der Waals surface area contributed by atoms with E-state index in [9.17, 15) is 19.5 Å². The second kappa shape index (κ2) is 11.7. The Balaban J connectivity index is 3.06. The molecule has 31 heavy (non-hydrogen) atoms. The van der Waals surface area contributed by atoms with Crippen LogP contribution in [0.3, 0.4) is 0 Å². The Hall–Kier alpha value is -1.89. The summed E-state index contributed by atoms with van der Waals surface area (Å²) in [6, 6.07) is -1.01. The topological polar surface area (TPSA) is 90.0 Å². The molecule has 1 aliphatic heterocycles. The van der Waals surface area contributed by atoms with Gasteiger partial charge >= 0.3 is 5.97 Å². The first-order valence-corrected chi connectivity index (χ1v) is 11.5. The molecule has 7 nitrogen and oxygen atoms in total. The molecule has 0 aromatic heterocycles. The predicted molar refractivity (Wildman–Crippen MR) is 124 cm³/mol. The number of carboxylic acids is 1. The summed E-state index contributed by atoms with van der Waals surface area (Å²) in [5.74, 6) is -0.804. The molecule has 4 atom stereocenters. The number of carbonyl (C=O) groups is 3.